The topological polar surface area (TPSA) is 18.5 Å². The lowest BCUT2D eigenvalue weighted by Crippen LogP contribution is -2.21. The molecule has 1 aliphatic carbocycles. The van der Waals surface area contributed by atoms with Crippen molar-refractivity contribution in [3.8, 4) is 5.75 Å². The van der Waals surface area contributed by atoms with Gasteiger partial charge in [0.2, 0.25) is 0 Å². The Morgan fingerprint density at radius 3 is 2.48 bits per heavy atom. The molecule has 0 spiro atoms. The molecule has 0 saturated heterocycles. The molecule has 0 aromatic heterocycles. The van der Waals surface area contributed by atoms with Gasteiger partial charge in [0.1, 0.15) is 5.75 Å². The van der Waals surface area contributed by atoms with E-state index < -0.39 is 0 Å². The van der Waals surface area contributed by atoms with Gasteiger partial charge in [0.25, 0.3) is 0 Å². The van der Waals surface area contributed by atoms with E-state index in [-0.39, 0.29) is 7.02 Å². The highest BCUT2D eigenvalue weighted by atomic mass is 127. The van der Waals surface area contributed by atoms with E-state index in [9.17, 15) is 0 Å². The first-order valence-corrected chi connectivity index (χ1v) is 14.3. The number of hydrogen-bond donors (Lipinski definition) is 0. The van der Waals surface area contributed by atoms with E-state index in [1.54, 1.807) is 0 Å². The number of rotatable bonds is 8. The summed E-state index contributed by atoms with van der Waals surface area (Å²) < 4.78 is 11.5. The highest BCUT2D eigenvalue weighted by Crippen LogP contribution is 2.34. The largest absolute Gasteiger partial charge is 0.494 e. The normalized spacial score (nSPS) is 22.8. The Morgan fingerprint density at radius 2 is 1.86 bits per heavy atom. The van der Waals surface area contributed by atoms with Gasteiger partial charge in [0.05, 0.1) is 19.7 Å². The van der Waals surface area contributed by atoms with Crippen LogP contribution in [0, 0.1) is 0 Å². The average molecular weight is 418 g/mol. The first-order valence-electron chi connectivity index (χ1n) is 8.23. The lowest BCUT2D eigenvalue weighted by molar-refractivity contribution is 0.0252. The predicted octanol–water partition coefficient (Wildman–Crippen LogP) is 4.46. The van der Waals surface area contributed by atoms with Crippen molar-refractivity contribution in [2.45, 2.75) is 57.1 Å². The molecule has 21 heavy (non-hydrogen) atoms. The summed E-state index contributed by atoms with van der Waals surface area (Å²) in [5.41, 5.74) is 1.47. The van der Waals surface area contributed by atoms with Crippen molar-refractivity contribution in [3.63, 3.8) is 0 Å². The lowest BCUT2D eigenvalue weighted by Gasteiger charge is -2.29. The summed E-state index contributed by atoms with van der Waals surface area (Å²) in [7, 11) is 0.194. The highest BCUT2D eigenvalue weighted by molar-refractivity contribution is 14.1. The van der Waals surface area contributed by atoms with Crippen molar-refractivity contribution in [2.75, 3.05) is 13.2 Å². The number of hydrogen-bond acceptors (Lipinski definition) is 2. The van der Waals surface area contributed by atoms with E-state index in [4.69, 9.17) is 9.47 Å². The van der Waals surface area contributed by atoms with Crippen molar-refractivity contribution >= 4 is 28.8 Å². The van der Waals surface area contributed by atoms with Crippen LogP contribution in [-0.4, -0.2) is 26.3 Å². The van der Waals surface area contributed by atoms with E-state index in [1.807, 2.05) is 6.92 Å². The smallest absolute Gasteiger partial charge is 0.119 e. The van der Waals surface area contributed by atoms with Crippen molar-refractivity contribution in [3.05, 3.63) is 29.8 Å². The summed E-state index contributed by atoms with van der Waals surface area (Å²) in [5.74, 6) is 1.69. The maximum atomic E-state index is 6.02. The minimum atomic E-state index is 0.194. The van der Waals surface area contributed by atoms with Gasteiger partial charge in [-0.3, -0.25) is 0 Å². The van der Waals surface area contributed by atoms with E-state index in [0.29, 0.717) is 12.0 Å². The second-order valence-corrected chi connectivity index (χ2v) is 10.1. The Bertz CT molecular complexity index is 388. The van der Waals surface area contributed by atoms with E-state index in [1.165, 1.54) is 43.7 Å². The Balaban J connectivity index is 1.73. The fourth-order valence-corrected chi connectivity index (χ4v) is 5.02. The van der Waals surface area contributed by atoms with Crippen LogP contribution in [0.1, 0.15) is 50.5 Å². The minimum Gasteiger partial charge on any atom is -0.494 e. The third-order valence-electron chi connectivity index (χ3n) is 4.22. The van der Waals surface area contributed by atoms with Crippen LogP contribution in [0.4, 0.5) is 0 Å². The first-order chi connectivity index (χ1) is 10.3. The predicted molar refractivity (Wildman–Crippen MR) is 101 cm³/mol. The SMILES string of the molecule is CCOc1ccc(C2CCC(OCCC[SiH2]I)CC2)cc1. The van der Waals surface area contributed by atoms with Gasteiger partial charge in [-0.15, -0.1) is 21.8 Å². The molecular formula is C17H27IO2Si. The van der Waals surface area contributed by atoms with Crippen molar-refractivity contribution in [1.29, 1.82) is 0 Å². The van der Waals surface area contributed by atoms with Gasteiger partial charge < -0.3 is 9.47 Å². The molecule has 1 saturated carbocycles. The van der Waals surface area contributed by atoms with Gasteiger partial charge in [-0.2, -0.15) is 0 Å². The molecule has 0 radical (unpaired) electrons. The Hall–Kier alpha value is -0.0731. The summed E-state index contributed by atoms with van der Waals surface area (Å²) in [6, 6.07) is 10.1. The van der Waals surface area contributed by atoms with Gasteiger partial charge in [-0.05, 0) is 62.6 Å². The van der Waals surface area contributed by atoms with Gasteiger partial charge in [0.15, 0.2) is 0 Å². The molecule has 0 heterocycles. The monoisotopic (exact) mass is 418 g/mol. The highest BCUT2D eigenvalue weighted by Gasteiger charge is 2.22. The Morgan fingerprint density at radius 1 is 1.14 bits per heavy atom. The van der Waals surface area contributed by atoms with Crippen molar-refractivity contribution in [1.82, 2.24) is 0 Å². The summed E-state index contributed by atoms with van der Waals surface area (Å²) >= 11 is 2.57. The molecule has 0 bridgehead atoms. The Kier molecular flexibility index (Phi) is 8.10. The quantitative estimate of drug-likeness (QED) is 0.269. The molecule has 0 aliphatic heterocycles. The zero-order valence-electron chi connectivity index (χ0n) is 13.0. The molecular weight excluding hydrogens is 391 g/mol. The van der Waals surface area contributed by atoms with Crippen LogP contribution in [0.3, 0.4) is 0 Å². The molecule has 1 aromatic carbocycles. The van der Waals surface area contributed by atoms with Crippen LogP contribution >= 0.6 is 21.8 Å². The molecule has 118 valence electrons. The van der Waals surface area contributed by atoms with Crippen LogP contribution in [0.2, 0.25) is 6.04 Å². The van der Waals surface area contributed by atoms with Gasteiger partial charge in [-0.25, -0.2) is 0 Å². The molecule has 4 heteroatoms. The molecule has 2 rings (SSSR count). The van der Waals surface area contributed by atoms with Gasteiger partial charge in [-0.1, -0.05) is 18.2 Å². The number of ether oxygens (including phenoxy) is 2. The van der Waals surface area contributed by atoms with Crippen LogP contribution in [-0.2, 0) is 4.74 Å². The molecule has 0 N–H and O–H groups in total. The summed E-state index contributed by atoms with van der Waals surface area (Å²) in [4.78, 5) is 0. The molecule has 0 amide bonds. The molecule has 0 unspecified atom stereocenters. The van der Waals surface area contributed by atoms with Gasteiger partial charge in [0, 0.05) is 6.61 Å². The fourth-order valence-electron chi connectivity index (χ4n) is 3.01. The summed E-state index contributed by atoms with van der Waals surface area (Å²) in [6.07, 6.45) is 6.76. The van der Waals surface area contributed by atoms with Crippen molar-refractivity contribution < 1.29 is 9.47 Å². The molecule has 2 nitrogen and oxygen atoms in total. The van der Waals surface area contributed by atoms with E-state index in [2.05, 4.69) is 46.1 Å². The average Bonchev–Trinajstić information content (AvgIpc) is 2.53. The molecule has 1 fully saturated rings. The van der Waals surface area contributed by atoms with Crippen LogP contribution < -0.4 is 4.74 Å². The zero-order chi connectivity index (χ0) is 14.9. The third-order valence-corrected chi connectivity index (χ3v) is 7.27. The summed E-state index contributed by atoms with van der Waals surface area (Å²) in [5, 5.41) is 0. The van der Waals surface area contributed by atoms with E-state index >= 15 is 0 Å². The van der Waals surface area contributed by atoms with Crippen LogP contribution in [0.5, 0.6) is 5.75 Å². The second-order valence-electron chi connectivity index (χ2n) is 5.74. The third kappa shape index (κ3) is 5.91. The molecule has 1 aliphatic rings. The van der Waals surface area contributed by atoms with Crippen LogP contribution in [0.25, 0.3) is 0 Å². The van der Waals surface area contributed by atoms with Crippen molar-refractivity contribution in [2.24, 2.45) is 0 Å². The maximum absolute atomic E-state index is 6.02. The zero-order valence-corrected chi connectivity index (χ0v) is 16.6. The standard InChI is InChI=1S/C17H27IO2Si/c1-2-19-16-8-4-14(5-9-16)15-6-10-17(11-7-15)20-12-3-13-21-18/h4-5,8-9,15,17H,2-3,6-7,10-13,21H2,1H3. The minimum absolute atomic E-state index is 0.194. The number of benzene rings is 1. The molecule has 1 aromatic rings. The number of halogens is 1. The fraction of sp³-hybridized carbons (Fsp3) is 0.647. The summed E-state index contributed by atoms with van der Waals surface area (Å²) in [6.45, 7) is 3.74. The second kappa shape index (κ2) is 9.85. The maximum Gasteiger partial charge on any atom is 0.119 e. The Labute approximate surface area is 144 Å². The van der Waals surface area contributed by atoms with E-state index in [0.717, 1.165) is 19.0 Å². The first kappa shape index (κ1) is 17.3. The lowest BCUT2D eigenvalue weighted by atomic mass is 9.83. The molecule has 0 atom stereocenters. The van der Waals surface area contributed by atoms with Crippen LogP contribution in [0.15, 0.2) is 24.3 Å². The van der Waals surface area contributed by atoms with Gasteiger partial charge >= 0.3 is 0 Å².